The third-order valence-electron chi connectivity index (χ3n) is 3.25. The third-order valence-corrected chi connectivity index (χ3v) is 3.25. The molecule has 18 heavy (non-hydrogen) atoms. The Balaban J connectivity index is 4.56. The summed E-state index contributed by atoms with van der Waals surface area (Å²) in [5, 5.41) is 3.13. The zero-order chi connectivity index (χ0) is 14.0. The average molecular weight is 259 g/mol. The summed E-state index contributed by atoms with van der Waals surface area (Å²) >= 11 is 0. The van der Waals surface area contributed by atoms with Gasteiger partial charge in [-0.2, -0.15) is 0 Å². The highest BCUT2D eigenvalue weighted by Gasteiger charge is 2.22. The lowest BCUT2D eigenvalue weighted by atomic mass is 10.1. The molecule has 0 aliphatic rings. The number of carbonyl (C=O) groups is 1. The minimum absolute atomic E-state index is 0.285. The van der Waals surface area contributed by atoms with E-state index in [4.69, 9.17) is 10.5 Å². The van der Waals surface area contributed by atoms with Gasteiger partial charge in [0.2, 0.25) is 5.91 Å². The maximum atomic E-state index is 11.4. The molecule has 0 aliphatic heterocycles. The third kappa shape index (κ3) is 6.33. The van der Waals surface area contributed by atoms with Crippen LogP contribution in [0, 0.1) is 0 Å². The number of nitrogens with zero attached hydrogens (tertiary/aromatic N) is 1. The van der Waals surface area contributed by atoms with E-state index in [1.54, 1.807) is 7.11 Å². The SMILES string of the molecule is CCNC(CN(CCOC)C(CC)CC)C(N)=O. The molecule has 1 atom stereocenters. The highest BCUT2D eigenvalue weighted by Crippen LogP contribution is 2.09. The maximum absolute atomic E-state index is 11.4. The second-order valence-electron chi connectivity index (χ2n) is 4.47. The topological polar surface area (TPSA) is 67.6 Å². The molecule has 5 heteroatoms. The quantitative estimate of drug-likeness (QED) is 0.570. The van der Waals surface area contributed by atoms with Crippen molar-refractivity contribution in [3.05, 3.63) is 0 Å². The van der Waals surface area contributed by atoms with Gasteiger partial charge in [-0.3, -0.25) is 9.69 Å². The summed E-state index contributed by atoms with van der Waals surface area (Å²) in [4.78, 5) is 13.7. The van der Waals surface area contributed by atoms with Gasteiger partial charge in [0.05, 0.1) is 12.6 Å². The lowest BCUT2D eigenvalue weighted by molar-refractivity contribution is -0.120. The number of hydrogen-bond donors (Lipinski definition) is 2. The molecule has 0 heterocycles. The van der Waals surface area contributed by atoms with Crippen molar-refractivity contribution in [2.75, 3.05) is 33.4 Å². The van der Waals surface area contributed by atoms with Gasteiger partial charge < -0.3 is 15.8 Å². The fraction of sp³-hybridized carbons (Fsp3) is 0.923. The van der Waals surface area contributed by atoms with Gasteiger partial charge >= 0.3 is 0 Å². The van der Waals surface area contributed by atoms with Crippen molar-refractivity contribution in [1.29, 1.82) is 0 Å². The number of likely N-dealkylation sites (N-methyl/N-ethyl adjacent to an activating group) is 1. The molecule has 0 saturated carbocycles. The summed E-state index contributed by atoms with van der Waals surface area (Å²) in [7, 11) is 1.70. The van der Waals surface area contributed by atoms with E-state index in [1.807, 2.05) is 6.92 Å². The molecule has 0 aromatic heterocycles. The number of amides is 1. The van der Waals surface area contributed by atoms with E-state index in [9.17, 15) is 4.79 Å². The Morgan fingerprint density at radius 3 is 2.33 bits per heavy atom. The summed E-state index contributed by atoms with van der Waals surface area (Å²) < 4.78 is 5.14. The van der Waals surface area contributed by atoms with Crippen LogP contribution in [-0.4, -0.2) is 56.2 Å². The predicted molar refractivity (Wildman–Crippen MR) is 74.5 cm³/mol. The van der Waals surface area contributed by atoms with Crippen LogP contribution in [0.15, 0.2) is 0 Å². The first-order chi connectivity index (χ1) is 8.60. The van der Waals surface area contributed by atoms with Gasteiger partial charge in [-0.05, 0) is 19.4 Å². The van der Waals surface area contributed by atoms with E-state index in [0.717, 1.165) is 25.9 Å². The van der Waals surface area contributed by atoms with Crippen molar-refractivity contribution < 1.29 is 9.53 Å². The van der Waals surface area contributed by atoms with Gasteiger partial charge in [-0.15, -0.1) is 0 Å². The average Bonchev–Trinajstić information content (AvgIpc) is 2.35. The molecule has 5 nitrogen and oxygen atoms in total. The molecule has 0 radical (unpaired) electrons. The number of nitrogens with one attached hydrogen (secondary N) is 1. The first-order valence-electron chi connectivity index (χ1n) is 6.86. The van der Waals surface area contributed by atoms with Crippen LogP contribution in [0.4, 0.5) is 0 Å². The zero-order valence-corrected chi connectivity index (χ0v) is 12.2. The van der Waals surface area contributed by atoms with Crippen LogP contribution in [0.2, 0.25) is 0 Å². The van der Waals surface area contributed by atoms with Gasteiger partial charge in [0.25, 0.3) is 0 Å². The van der Waals surface area contributed by atoms with E-state index in [1.165, 1.54) is 0 Å². The molecular weight excluding hydrogens is 230 g/mol. The van der Waals surface area contributed by atoms with Crippen LogP contribution in [0.5, 0.6) is 0 Å². The van der Waals surface area contributed by atoms with E-state index in [0.29, 0.717) is 19.2 Å². The zero-order valence-electron chi connectivity index (χ0n) is 12.2. The summed E-state index contributed by atoms with van der Waals surface area (Å²) in [6.07, 6.45) is 2.13. The van der Waals surface area contributed by atoms with E-state index < -0.39 is 0 Å². The molecule has 1 unspecified atom stereocenters. The monoisotopic (exact) mass is 259 g/mol. The van der Waals surface area contributed by atoms with Crippen molar-refractivity contribution in [1.82, 2.24) is 10.2 Å². The molecule has 0 aliphatic carbocycles. The van der Waals surface area contributed by atoms with Gasteiger partial charge in [0.1, 0.15) is 0 Å². The Morgan fingerprint density at radius 1 is 1.33 bits per heavy atom. The molecule has 0 bridgehead atoms. The second kappa shape index (κ2) is 10.3. The van der Waals surface area contributed by atoms with Crippen LogP contribution in [0.3, 0.4) is 0 Å². The fourth-order valence-corrected chi connectivity index (χ4v) is 2.17. The molecule has 1 amide bonds. The van der Waals surface area contributed by atoms with Crippen LogP contribution in [-0.2, 0) is 9.53 Å². The minimum atomic E-state index is -0.287. The normalized spacial score (nSPS) is 13.2. The minimum Gasteiger partial charge on any atom is -0.383 e. The molecular formula is C13H29N3O2. The highest BCUT2D eigenvalue weighted by atomic mass is 16.5. The number of nitrogens with two attached hydrogens (primary N) is 1. The Hall–Kier alpha value is -0.650. The van der Waals surface area contributed by atoms with Gasteiger partial charge in [-0.25, -0.2) is 0 Å². The Bertz CT molecular complexity index is 220. The Kier molecular flexibility index (Phi) is 9.92. The van der Waals surface area contributed by atoms with Crippen molar-refractivity contribution in [3.63, 3.8) is 0 Å². The highest BCUT2D eigenvalue weighted by molar-refractivity contribution is 5.80. The lowest BCUT2D eigenvalue weighted by Gasteiger charge is -2.32. The summed E-state index contributed by atoms with van der Waals surface area (Å²) in [6.45, 7) is 9.22. The molecule has 0 saturated heterocycles. The van der Waals surface area contributed by atoms with Gasteiger partial charge in [0, 0.05) is 26.2 Å². The van der Waals surface area contributed by atoms with Gasteiger partial charge in [0.15, 0.2) is 0 Å². The van der Waals surface area contributed by atoms with Crippen molar-refractivity contribution >= 4 is 5.91 Å². The van der Waals surface area contributed by atoms with Crippen LogP contribution in [0.1, 0.15) is 33.6 Å². The molecule has 0 aromatic rings. The predicted octanol–water partition coefficient (Wildman–Crippen LogP) is 0.587. The van der Waals surface area contributed by atoms with E-state index in [-0.39, 0.29) is 11.9 Å². The molecule has 0 rings (SSSR count). The molecule has 0 fully saturated rings. The van der Waals surface area contributed by atoms with Crippen LogP contribution in [0.25, 0.3) is 0 Å². The Morgan fingerprint density at radius 2 is 1.94 bits per heavy atom. The Labute approximate surface area is 111 Å². The summed E-state index contributed by atoms with van der Waals surface area (Å²) in [5.74, 6) is -0.287. The maximum Gasteiger partial charge on any atom is 0.235 e. The van der Waals surface area contributed by atoms with Crippen molar-refractivity contribution in [2.24, 2.45) is 5.73 Å². The number of primary amides is 1. The summed E-state index contributed by atoms with van der Waals surface area (Å²) in [5.41, 5.74) is 5.42. The number of hydrogen-bond acceptors (Lipinski definition) is 4. The lowest BCUT2D eigenvalue weighted by Crippen LogP contribution is -2.52. The van der Waals surface area contributed by atoms with Gasteiger partial charge in [-0.1, -0.05) is 20.8 Å². The standard InChI is InChI=1S/C13H29N3O2/c1-5-11(6-2)16(8-9-18-4)10-12(13(14)17)15-7-3/h11-12,15H,5-10H2,1-4H3,(H2,14,17). The summed E-state index contributed by atoms with van der Waals surface area (Å²) in [6, 6.07) is 0.188. The molecule has 3 N–H and O–H groups in total. The fourth-order valence-electron chi connectivity index (χ4n) is 2.17. The first kappa shape index (κ1) is 17.4. The van der Waals surface area contributed by atoms with Crippen LogP contribution >= 0.6 is 0 Å². The number of carbonyl (C=O) groups excluding carboxylic acids is 1. The van der Waals surface area contributed by atoms with Crippen molar-refractivity contribution in [2.45, 2.75) is 45.7 Å². The number of methoxy groups -OCH3 is 1. The molecule has 0 aromatic carbocycles. The van der Waals surface area contributed by atoms with E-state index >= 15 is 0 Å². The molecule has 108 valence electrons. The first-order valence-corrected chi connectivity index (χ1v) is 6.86. The number of rotatable bonds is 11. The van der Waals surface area contributed by atoms with E-state index in [2.05, 4.69) is 24.1 Å². The number of ether oxygens (including phenoxy) is 1. The van der Waals surface area contributed by atoms with Crippen molar-refractivity contribution in [3.8, 4) is 0 Å². The molecule has 0 spiro atoms. The second-order valence-corrected chi connectivity index (χ2v) is 4.47. The largest absolute Gasteiger partial charge is 0.383 e. The smallest absolute Gasteiger partial charge is 0.235 e. The van der Waals surface area contributed by atoms with Crippen LogP contribution < -0.4 is 11.1 Å².